The number of aromatic nitrogens is 3. The van der Waals surface area contributed by atoms with Gasteiger partial charge in [0.2, 0.25) is 5.95 Å². The van der Waals surface area contributed by atoms with Gasteiger partial charge in [-0.2, -0.15) is 0 Å². The number of hydrogen-bond donors (Lipinski definition) is 3. The predicted octanol–water partition coefficient (Wildman–Crippen LogP) is 2.01. The number of rotatable bonds is 3. The van der Waals surface area contributed by atoms with E-state index in [1.165, 1.54) is 5.39 Å². The van der Waals surface area contributed by atoms with Gasteiger partial charge in [0.15, 0.2) is 0 Å². The van der Waals surface area contributed by atoms with Crippen molar-refractivity contribution in [2.24, 2.45) is 0 Å². The Labute approximate surface area is 116 Å². The van der Waals surface area contributed by atoms with Gasteiger partial charge in [-0.1, -0.05) is 18.2 Å². The molecule has 1 aliphatic heterocycles. The van der Waals surface area contributed by atoms with Crippen LogP contribution in [0.15, 0.2) is 42.9 Å². The van der Waals surface area contributed by atoms with E-state index >= 15 is 0 Å². The van der Waals surface area contributed by atoms with Crippen molar-refractivity contribution in [2.75, 3.05) is 18.4 Å². The fourth-order valence-electron chi connectivity index (χ4n) is 2.43. The Bertz CT molecular complexity index is 727. The Balaban J connectivity index is 1.64. The smallest absolute Gasteiger partial charge is 0.222 e. The van der Waals surface area contributed by atoms with E-state index in [0.717, 1.165) is 29.7 Å². The van der Waals surface area contributed by atoms with Crippen LogP contribution in [-0.4, -0.2) is 34.1 Å². The molecule has 100 valence electrons. The first-order chi connectivity index (χ1) is 9.90. The third-order valence-corrected chi connectivity index (χ3v) is 3.67. The number of nitrogens with one attached hydrogen (secondary N) is 3. The second kappa shape index (κ2) is 4.61. The molecule has 5 heteroatoms. The van der Waals surface area contributed by atoms with Crippen LogP contribution in [0.25, 0.3) is 22.0 Å². The van der Waals surface area contributed by atoms with Gasteiger partial charge in [0, 0.05) is 53.7 Å². The summed E-state index contributed by atoms with van der Waals surface area (Å²) in [6.07, 6.45) is 5.75. The van der Waals surface area contributed by atoms with Gasteiger partial charge in [0.05, 0.1) is 6.04 Å². The van der Waals surface area contributed by atoms with Gasteiger partial charge in [-0.15, -0.1) is 0 Å². The highest BCUT2D eigenvalue weighted by molar-refractivity contribution is 5.95. The molecule has 0 spiro atoms. The maximum atomic E-state index is 4.40. The molecule has 1 aromatic carbocycles. The van der Waals surface area contributed by atoms with Gasteiger partial charge in [0.1, 0.15) is 0 Å². The van der Waals surface area contributed by atoms with Gasteiger partial charge in [-0.05, 0) is 6.07 Å². The number of fused-ring (bicyclic) bond motifs is 1. The van der Waals surface area contributed by atoms with E-state index in [9.17, 15) is 0 Å². The van der Waals surface area contributed by atoms with Crippen LogP contribution < -0.4 is 10.6 Å². The van der Waals surface area contributed by atoms with E-state index in [0.29, 0.717) is 12.0 Å². The number of nitrogens with zero attached hydrogens (tertiary/aromatic N) is 2. The first-order valence-electron chi connectivity index (χ1n) is 6.76. The molecule has 3 N–H and O–H groups in total. The maximum absolute atomic E-state index is 4.40. The van der Waals surface area contributed by atoms with Gasteiger partial charge in [-0.3, -0.25) is 0 Å². The van der Waals surface area contributed by atoms with Crippen molar-refractivity contribution in [1.82, 2.24) is 20.3 Å². The standard InChI is InChI=1S/C15H15N5/c1-2-4-14-12(3-1)13(9-17-14)10-5-18-15(19-6-10)20-11-7-16-8-11/h1-6,9,11,16-17H,7-8H2,(H,18,19,20). The Morgan fingerprint density at radius 2 is 1.90 bits per heavy atom. The topological polar surface area (TPSA) is 65.6 Å². The Morgan fingerprint density at radius 1 is 1.10 bits per heavy atom. The minimum atomic E-state index is 0.453. The monoisotopic (exact) mass is 265 g/mol. The van der Waals surface area contributed by atoms with Gasteiger partial charge in [-0.25, -0.2) is 9.97 Å². The lowest BCUT2D eigenvalue weighted by Crippen LogP contribution is -2.51. The van der Waals surface area contributed by atoms with Crippen molar-refractivity contribution < 1.29 is 0 Å². The molecule has 0 aliphatic carbocycles. The summed E-state index contributed by atoms with van der Waals surface area (Å²) in [6.45, 7) is 1.96. The zero-order valence-corrected chi connectivity index (χ0v) is 10.9. The number of aromatic amines is 1. The number of para-hydroxylation sites is 1. The summed E-state index contributed by atoms with van der Waals surface area (Å²) in [4.78, 5) is 12.1. The first-order valence-corrected chi connectivity index (χ1v) is 6.76. The molecule has 0 radical (unpaired) electrons. The molecule has 0 amide bonds. The molecule has 1 fully saturated rings. The van der Waals surface area contributed by atoms with Crippen molar-refractivity contribution in [2.45, 2.75) is 6.04 Å². The van der Waals surface area contributed by atoms with Crippen LogP contribution in [0, 0.1) is 0 Å². The van der Waals surface area contributed by atoms with Crippen LogP contribution in [0.2, 0.25) is 0 Å². The average Bonchev–Trinajstić information content (AvgIpc) is 2.88. The first kappa shape index (κ1) is 11.4. The summed E-state index contributed by atoms with van der Waals surface area (Å²) >= 11 is 0. The van der Waals surface area contributed by atoms with Gasteiger partial charge >= 0.3 is 0 Å². The molecule has 1 saturated heterocycles. The summed E-state index contributed by atoms with van der Waals surface area (Å²) in [5.74, 6) is 0.695. The summed E-state index contributed by atoms with van der Waals surface area (Å²) in [7, 11) is 0. The zero-order valence-electron chi connectivity index (χ0n) is 10.9. The molecule has 5 nitrogen and oxygen atoms in total. The molecule has 1 aliphatic rings. The number of benzene rings is 1. The average molecular weight is 265 g/mol. The van der Waals surface area contributed by atoms with E-state index in [2.05, 4.69) is 37.7 Å². The quantitative estimate of drug-likeness (QED) is 0.678. The second-order valence-corrected chi connectivity index (χ2v) is 5.04. The number of H-pyrrole nitrogens is 1. The predicted molar refractivity (Wildman–Crippen MR) is 79.6 cm³/mol. The van der Waals surface area contributed by atoms with E-state index in [1.54, 1.807) is 0 Å². The highest BCUT2D eigenvalue weighted by atomic mass is 15.2. The summed E-state index contributed by atoms with van der Waals surface area (Å²) in [5.41, 5.74) is 3.29. The van der Waals surface area contributed by atoms with Crippen molar-refractivity contribution in [3.63, 3.8) is 0 Å². The Morgan fingerprint density at radius 3 is 2.65 bits per heavy atom. The van der Waals surface area contributed by atoms with Crippen LogP contribution >= 0.6 is 0 Å². The highest BCUT2D eigenvalue weighted by Gasteiger charge is 2.17. The summed E-state index contributed by atoms with van der Waals surface area (Å²) in [5, 5.41) is 7.70. The molecule has 0 bridgehead atoms. The SMILES string of the molecule is c1ccc2c(-c3cnc(NC4CNC4)nc3)c[nH]c2c1. The van der Waals surface area contributed by atoms with Crippen molar-refractivity contribution in [3.05, 3.63) is 42.9 Å². The Kier molecular flexibility index (Phi) is 2.63. The molecule has 0 unspecified atom stereocenters. The van der Waals surface area contributed by atoms with Crippen LogP contribution in [0.3, 0.4) is 0 Å². The molecule has 0 saturated carbocycles. The summed E-state index contributed by atoms with van der Waals surface area (Å²) in [6, 6.07) is 8.69. The minimum Gasteiger partial charge on any atom is -0.361 e. The fourth-order valence-corrected chi connectivity index (χ4v) is 2.43. The molecular weight excluding hydrogens is 250 g/mol. The normalized spacial score (nSPS) is 15.2. The van der Waals surface area contributed by atoms with Crippen LogP contribution in [0.1, 0.15) is 0 Å². The van der Waals surface area contributed by atoms with Crippen molar-refractivity contribution in [1.29, 1.82) is 0 Å². The lowest BCUT2D eigenvalue weighted by atomic mass is 10.1. The van der Waals surface area contributed by atoms with E-state index in [-0.39, 0.29) is 0 Å². The van der Waals surface area contributed by atoms with Crippen LogP contribution in [0.5, 0.6) is 0 Å². The zero-order chi connectivity index (χ0) is 13.4. The van der Waals surface area contributed by atoms with Crippen molar-refractivity contribution >= 4 is 16.9 Å². The van der Waals surface area contributed by atoms with Gasteiger partial charge < -0.3 is 15.6 Å². The minimum absolute atomic E-state index is 0.453. The lowest BCUT2D eigenvalue weighted by molar-refractivity contribution is 0.470. The van der Waals surface area contributed by atoms with E-state index in [4.69, 9.17) is 0 Å². The third kappa shape index (κ3) is 1.92. The Hall–Kier alpha value is -2.40. The summed E-state index contributed by atoms with van der Waals surface area (Å²) < 4.78 is 0. The van der Waals surface area contributed by atoms with Gasteiger partial charge in [0.25, 0.3) is 0 Å². The lowest BCUT2D eigenvalue weighted by Gasteiger charge is -2.27. The number of anilines is 1. The third-order valence-electron chi connectivity index (χ3n) is 3.67. The molecular formula is C15H15N5. The van der Waals surface area contributed by atoms with E-state index < -0.39 is 0 Å². The molecule has 3 aromatic rings. The molecule has 2 aromatic heterocycles. The number of hydrogen-bond acceptors (Lipinski definition) is 4. The van der Waals surface area contributed by atoms with Crippen LogP contribution in [-0.2, 0) is 0 Å². The molecule has 3 heterocycles. The fraction of sp³-hybridized carbons (Fsp3) is 0.200. The molecule has 20 heavy (non-hydrogen) atoms. The van der Waals surface area contributed by atoms with E-state index in [1.807, 2.05) is 30.7 Å². The molecule has 4 rings (SSSR count). The second-order valence-electron chi connectivity index (χ2n) is 5.04. The maximum Gasteiger partial charge on any atom is 0.222 e. The van der Waals surface area contributed by atoms with Crippen molar-refractivity contribution in [3.8, 4) is 11.1 Å². The van der Waals surface area contributed by atoms with Crippen LogP contribution in [0.4, 0.5) is 5.95 Å². The largest absolute Gasteiger partial charge is 0.361 e. The highest BCUT2D eigenvalue weighted by Crippen LogP contribution is 2.27. The molecule has 0 atom stereocenters.